The normalized spacial score (nSPS) is 11.9. The van der Waals surface area contributed by atoms with Crippen LogP contribution in [0.1, 0.15) is 12.7 Å². The monoisotopic (exact) mass is 219 g/mol. The fraction of sp³-hybridized carbons (Fsp3) is 0.571. The van der Waals surface area contributed by atoms with Crippen molar-refractivity contribution in [3.05, 3.63) is 12.0 Å². The molecule has 0 aliphatic rings. The van der Waals surface area contributed by atoms with E-state index in [0.717, 1.165) is 0 Å². The molecule has 0 aliphatic carbocycles. The maximum atomic E-state index is 11.4. The molecule has 7 heteroatoms. The van der Waals surface area contributed by atoms with Crippen LogP contribution in [0.15, 0.2) is 11.2 Å². The van der Waals surface area contributed by atoms with Gasteiger partial charge in [0.1, 0.15) is 5.82 Å². The van der Waals surface area contributed by atoms with Gasteiger partial charge in [0.15, 0.2) is 5.03 Å². The van der Waals surface area contributed by atoms with Gasteiger partial charge < -0.3 is 4.57 Å². The summed E-state index contributed by atoms with van der Waals surface area (Å²) >= 11 is 0. The van der Waals surface area contributed by atoms with E-state index in [1.165, 1.54) is 6.20 Å². The molecule has 1 N–H and O–H groups in total. The number of nitrogens with one attached hydrogen (secondary N) is 1. The second kappa shape index (κ2) is 4.07. The molecule has 0 fully saturated rings. The van der Waals surface area contributed by atoms with Crippen LogP contribution in [0.2, 0.25) is 0 Å². The Bertz CT molecular complexity index is 390. The van der Waals surface area contributed by atoms with Crippen LogP contribution >= 0.6 is 0 Å². The van der Waals surface area contributed by atoms with Crippen molar-refractivity contribution >= 4 is 10.0 Å². The van der Waals surface area contributed by atoms with Crippen LogP contribution < -0.4 is 4.89 Å². The number of aromatic nitrogens is 2. The van der Waals surface area contributed by atoms with Gasteiger partial charge in [-0.3, -0.25) is 4.84 Å². The molecule has 14 heavy (non-hydrogen) atoms. The van der Waals surface area contributed by atoms with Crippen LogP contribution in [0.3, 0.4) is 0 Å². The van der Waals surface area contributed by atoms with E-state index in [2.05, 4.69) is 9.82 Å². The van der Waals surface area contributed by atoms with Crippen molar-refractivity contribution in [2.45, 2.75) is 18.9 Å². The first-order valence-corrected chi connectivity index (χ1v) is 5.59. The molecule has 80 valence electrons. The smallest absolute Gasteiger partial charge is 0.281 e. The highest BCUT2D eigenvalue weighted by atomic mass is 32.2. The van der Waals surface area contributed by atoms with Crippen LogP contribution in [0, 0.1) is 6.92 Å². The van der Waals surface area contributed by atoms with Gasteiger partial charge >= 0.3 is 0 Å². The Balaban J connectivity index is 2.93. The third kappa shape index (κ3) is 2.31. The minimum Gasteiger partial charge on any atom is -0.337 e. The van der Waals surface area contributed by atoms with Crippen LogP contribution in [0.4, 0.5) is 0 Å². The predicted molar refractivity (Wildman–Crippen MR) is 49.9 cm³/mol. The highest BCUT2D eigenvalue weighted by Crippen LogP contribution is 2.06. The molecule has 0 spiro atoms. The molecule has 1 rings (SSSR count). The lowest BCUT2D eigenvalue weighted by Crippen LogP contribution is -2.24. The first-order chi connectivity index (χ1) is 6.47. The van der Waals surface area contributed by atoms with Gasteiger partial charge in [0, 0.05) is 13.2 Å². The van der Waals surface area contributed by atoms with Gasteiger partial charge in [-0.25, -0.2) is 13.4 Å². The van der Waals surface area contributed by atoms with E-state index in [0.29, 0.717) is 5.82 Å². The van der Waals surface area contributed by atoms with Gasteiger partial charge in [0.25, 0.3) is 10.0 Å². The molecule has 1 heterocycles. The van der Waals surface area contributed by atoms with Crippen molar-refractivity contribution in [1.82, 2.24) is 14.4 Å². The molecule has 0 radical (unpaired) electrons. The van der Waals surface area contributed by atoms with E-state index >= 15 is 0 Å². The molecule has 0 bridgehead atoms. The molecule has 0 atom stereocenters. The minimum atomic E-state index is -3.63. The van der Waals surface area contributed by atoms with Gasteiger partial charge in [0.05, 0.1) is 6.61 Å². The summed E-state index contributed by atoms with van der Waals surface area (Å²) in [6.45, 7) is 3.68. The minimum absolute atomic E-state index is 0.0362. The largest absolute Gasteiger partial charge is 0.337 e. The molecule has 1 aromatic heterocycles. The molecule has 0 aromatic carbocycles. The predicted octanol–water partition coefficient (Wildman–Crippen LogP) is -0.0417. The van der Waals surface area contributed by atoms with E-state index < -0.39 is 10.0 Å². The number of hydrogen-bond acceptors (Lipinski definition) is 4. The molecule has 0 amide bonds. The third-order valence-corrected chi connectivity index (χ3v) is 2.76. The summed E-state index contributed by atoms with van der Waals surface area (Å²) in [5, 5.41) is -0.0362. The molecule has 0 saturated heterocycles. The molecule has 6 nitrogen and oxygen atoms in total. The zero-order valence-electron chi connectivity index (χ0n) is 8.31. The fourth-order valence-corrected chi connectivity index (χ4v) is 1.74. The Morgan fingerprint density at radius 1 is 1.64 bits per heavy atom. The Kier molecular flexibility index (Phi) is 3.25. The first-order valence-electron chi connectivity index (χ1n) is 4.11. The Hall–Kier alpha value is -0.920. The average Bonchev–Trinajstić information content (AvgIpc) is 2.45. The maximum absolute atomic E-state index is 11.4. The number of hydrogen-bond donors (Lipinski definition) is 1. The van der Waals surface area contributed by atoms with Crippen molar-refractivity contribution in [3.8, 4) is 0 Å². The van der Waals surface area contributed by atoms with E-state index in [1.807, 2.05) is 4.89 Å². The summed E-state index contributed by atoms with van der Waals surface area (Å²) in [5.41, 5.74) is 0. The Morgan fingerprint density at radius 3 is 2.71 bits per heavy atom. The first kappa shape index (κ1) is 11.2. The van der Waals surface area contributed by atoms with Crippen LogP contribution in [0.25, 0.3) is 0 Å². The fourth-order valence-electron chi connectivity index (χ4n) is 0.835. The van der Waals surface area contributed by atoms with Gasteiger partial charge in [-0.05, 0) is 13.8 Å². The van der Waals surface area contributed by atoms with Crippen molar-refractivity contribution in [3.63, 3.8) is 0 Å². The molecule has 0 unspecified atom stereocenters. The quantitative estimate of drug-likeness (QED) is 0.721. The van der Waals surface area contributed by atoms with Gasteiger partial charge in [0.2, 0.25) is 0 Å². The lowest BCUT2D eigenvalue weighted by Gasteiger charge is -2.01. The summed E-state index contributed by atoms with van der Waals surface area (Å²) < 4.78 is 24.5. The second-order valence-corrected chi connectivity index (χ2v) is 4.35. The van der Waals surface area contributed by atoms with Crippen molar-refractivity contribution in [1.29, 1.82) is 0 Å². The average molecular weight is 219 g/mol. The Morgan fingerprint density at radius 2 is 2.29 bits per heavy atom. The number of nitrogens with zero attached hydrogens (tertiary/aromatic N) is 2. The summed E-state index contributed by atoms with van der Waals surface area (Å²) in [5.74, 6) is 0.627. The van der Waals surface area contributed by atoms with E-state index in [4.69, 9.17) is 0 Å². The zero-order valence-corrected chi connectivity index (χ0v) is 9.13. The van der Waals surface area contributed by atoms with Gasteiger partial charge in [-0.1, -0.05) is 4.89 Å². The highest BCUT2D eigenvalue weighted by Gasteiger charge is 2.17. The van der Waals surface area contributed by atoms with E-state index in [-0.39, 0.29) is 11.6 Å². The zero-order chi connectivity index (χ0) is 10.8. The van der Waals surface area contributed by atoms with Crippen LogP contribution in [0.5, 0.6) is 0 Å². The van der Waals surface area contributed by atoms with Crippen LogP contribution in [-0.4, -0.2) is 24.6 Å². The van der Waals surface area contributed by atoms with Crippen molar-refractivity contribution < 1.29 is 13.3 Å². The highest BCUT2D eigenvalue weighted by molar-refractivity contribution is 7.89. The standard InChI is InChI=1S/C7H13N3O3S/c1-4-13-9-14(11,12)7-5-10(3)6(2)8-7/h5,9H,4H2,1-3H3. The van der Waals surface area contributed by atoms with Gasteiger partial charge in [-0.2, -0.15) is 0 Å². The summed E-state index contributed by atoms with van der Waals surface area (Å²) in [6, 6.07) is 0. The molecular weight excluding hydrogens is 206 g/mol. The SMILES string of the molecule is CCONS(=O)(=O)c1cn(C)c(C)n1. The molecule has 0 aliphatic heterocycles. The maximum Gasteiger partial charge on any atom is 0.281 e. The molecular formula is C7H13N3O3S. The second-order valence-electron chi connectivity index (χ2n) is 2.76. The lowest BCUT2D eigenvalue weighted by molar-refractivity contribution is 0.105. The van der Waals surface area contributed by atoms with Crippen LogP contribution in [-0.2, 0) is 21.9 Å². The summed E-state index contributed by atoms with van der Waals surface area (Å²) in [4.78, 5) is 10.4. The number of imidazole rings is 1. The third-order valence-electron chi connectivity index (χ3n) is 1.67. The van der Waals surface area contributed by atoms with Crippen molar-refractivity contribution in [2.75, 3.05) is 6.61 Å². The molecule has 0 saturated carbocycles. The van der Waals surface area contributed by atoms with E-state index in [1.54, 1.807) is 25.5 Å². The van der Waals surface area contributed by atoms with Gasteiger partial charge in [-0.15, -0.1) is 0 Å². The summed E-state index contributed by atoms with van der Waals surface area (Å²) in [7, 11) is -1.90. The van der Waals surface area contributed by atoms with E-state index in [9.17, 15) is 8.42 Å². The van der Waals surface area contributed by atoms with Crippen molar-refractivity contribution in [2.24, 2.45) is 7.05 Å². The number of sulfonamides is 1. The molecule has 1 aromatic rings. The topological polar surface area (TPSA) is 73.2 Å². The number of rotatable bonds is 4. The summed E-state index contributed by atoms with van der Waals surface area (Å²) in [6.07, 6.45) is 1.43. The number of aryl methyl sites for hydroxylation is 2. The lowest BCUT2D eigenvalue weighted by atomic mass is 10.7. The Labute approximate surface area is 82.9 Å².